The van der Waals surface area contributed by atoms with Gasteiger partial charge in [-0.05, 0) is 44.1 Å². The Morgan fingerprint density at radius 2 is 1.96 bits per heavy atom. The Kier molecular flexibility index (Phi) is 6.41. The number of amides is 1. The van der Waals surface area contributed by atoms with Gasteiger partial charge in [-0.2, -0.15) is 5.10 Å². The lowest BCUT2D eigenvalue weighted by molar-refractivity contribution is -0.118. The SMILES string of the molecule is Cl.NCC1(CC(=O)Nc2cc(C3CC3)nn2C2CCS(=O)(=O)C2)CCCCC1. The molecule has 158 valence electrons. The van der Waals surface area contributed by atoms with E-state index in [1.54, 1.807) is 4.68 Å². The summed E-state index contributed by atoms with van der Waals surface area (Å²) < 4.78 is 25.6. The fraction of sp³-hybridized carbons (Fsp3) is 0.789. The fourth-order valence-electron chi connectivity index (χ4n) is 4.61. The summed E-state index contributed by atoms with van der Waals surface area (Å²) in [5.41, 5.74) is 6.91. The topological polar surface area (TPSA) is 107 Å². The minimum atomic E-state index is -3.01. The minimum absolute atomic E-state index is 0. The highest BCUT2D eigenvalue weighted by Crippen LogP contribution is 2.42. The molecular formula is C19H31ClN4O3S. The molecule has 0 aromatic carbocycles. The summed E-state index contributed by atoms with van der Waals surface area (Å²) in [6.45, 7) is 0.536. The van der Waals surface area contributed by atoms with E-state index in [1.807, 2.05) is 6.07 Å². The first-order valence-electron chi connectivity index (χ1n) is 10.2. The molecule has 9 heteroatoms. The number of hydrogen-bond acceptors (Lipinski definition) is 5. The highest BCUT2D eigenvalue weighted by Gasteiger charge is 2.36. The van der Waals surface area contributed by atoms with Gasteiger partial charge < -0.3 is 11.1 Å². The number of hydrogen-bond donors (Lipinski definition) is 2. The van der Waals surface area contributed by atoms with Crippen molar-refractivity contribution in [2.24, 2.45) is 11.1 Å². The number of nitrogens with two attached hydrogens (primary N) is 1. The Balaban J connectivity index is 0.00000225. The normalized spacial score (nSPS) is 25.8. The van der Waals surface area contributed by atoms with E-state index >= 15 is 0 Å². The second-order valence-electron chi connectivity index (χ2n) is 8.72. The van der Waals surface area contributed by atoms with Gasteiger partial charge in [0.05, 0.1) is 23.2 Å². The van der Waals surface area contributed by atoms with Crippen LogP contribution in [-0.4, -0.2) is 42.2 Å². The first-order valence-corrected chi connectivity index (χ1v) is 12.0. The van der Waals surface area contributed by atoms with Crippen LogP contribution >= 0.6 is 12.4 Å². The monoisotopic (exact) mass is 430 g/mol. The third kappa shape index (κ3) is 4.71. The highest BCUT2D eigenvalue weighted by atomic mass is 35.5. The molecule has 0 spiro atoms. The number of aromatic nitrogens is 2. The van der Waals surface area contributed by atoms with Gasteiger partial charge in [0.15, 0.2) is 9.84 Å². The zero-order chi connectivity index (χ0) is 19.1. The molecule has 7 nitrogen and oxygen atoms in total. The van der Waals surface area contributed by atoms with Crippen molar-refractivity contribution in [3.63, 3.8) is 0 Å². The van der Waals surface area contributed by atoms with Crippen LogP contribution in [0, 0.1) is 5.41 Å². The summed E-state index contributed by atoms with van der Waals surface area (Å²) in [6.07, 6.45) is 8.71. The van der Waals surface area contributed by atoms with Crippen molar-refractivity contribution in [3.05, 3.63) is 11.8 Å². The number of sulfone groups is 1. The van der Waals surface area contributed by atoms with Gasteiger partial charge in [0, 0.05) is 18.4 Å². The van der Waals surface area contributed by atoms with Crippen molar-refractivity contribution in [2.45, 2.75) is 69.7 Å². The summed E-state index contributed by atoms with van der Waals surface area (Å²) >= 11 is 0. The van der Waals surface area contributed by atoms with Crippen LogP contribution in [0.3, 0.4) is 0 Å². The van der Waals surface area contributed by atoms with Gasteiger partial charge in [0.25, 0.3) is 0 Å². The lowest BCUT2D eigenvalue weighted by Gasteiger charge is -2.35. The molecule has 1 atom stereocenters. The molecule has 2 saturated carbocycles. The van der Waals surface area contributed by atoms with Crippen molar-refractivity contribution in [2.75, 3.05) is 23.4 Å². The third-order valence-electron chi connectivity index (χ3n) is 6.45. The van der Waals surface area contributed by atoms with Crippen molar-refractivity contribution in [3.8, 4) is 0 Å². The molecule has 0 bridgehead atoms. The molecule has 3 fully saturated rings. The molecular weight excluding hydrogens is 400 g/mol. The van der Waals surface area contributed by atoms with E-state index in [1.165, 1.54) is 6.42 Å². The molecule has 2 heterocycles. The van der Waals surface area contributed by atoms with Crippen LogP contribution in [0.15, 0.2) is 6.07 Å². The van der Waals surface area contributed by atoms with Crippen LogP contribution in [0.5, 0.6) is 0 Å². The van der Waals surface area contributed by atoms with Gasteiger partial charge in [-0.1, -0.05) is 19.3 Å². The number of nitrogens with one attached hydrogen (secondary N) is 1. The third-order valence-corrected chi connectivity index (χ3v) is 8.21. The summed E-state index contributed by atoms with van der Waals surface area (Å²) in [6, 6.07) is 1.76. The number of anilines is 1. The van der Waals surface area contributed by atoms with Gasteiger partial charge in [-0.15, -0.1) is 12.4 Å². The summed E-state index contributed by atoms with van der Waals surface area (Å²) in [7, 11) is -3.01. The number of halogens is 1. The quantitative estimate of drug-likeness (QED) is 0.721. The standard InChI is InChI=1S/C19H30N4O3S.ClH/c20-13-19(7-2-1-3-8-19)11-18(24)21-17-10-16(14-4-5-14)22-23(17)15-6-9-27(25,26)12-15;/h10,14-15H,1-9,11-13,20H2,(H,21,24);1H. The Labute approximate surface area is 173 Å². The van der Waals surface area contributed by atoms with E-state index in [-0.39, 0.29) is 41.3 Å². The molecule has 28 heavy (non-hydrogen) atoms. The largest absolute Gasteiger partial charge is 0.330 e. The van der Waals surface area contributed by atoms with E-state index in [2.05, 4.69) is 10.4 Å². The first-order chi connectivity index (χ1) is 12.9. The maximum atomic E-state index is 12.8. The van der Waals surface area contributed by atoms with E-state index < -0.39 is 9.84 Å². The molecule has 3 aliphatic rings. The van der Waals surface area contributed by atoms with E-state index in [0.29, 0.717) is 31.1 Å². The zero-order valence-corrected chi connectivity index (χ0v) is 17.9. The van der Waals surface area contributed by atoms with E-state index in [4.69, 9.17) is 5.73 Å². The molecule has 1 unspecified atom stereocenters. The van der Waals surface area contributed by atoms with Gasteiger partial charge in [0.2, 0.25) is 5.91 Å². The Bertz CT molecular complexity index is 813. The van der Waals surface area contributed by atoms with Crippen LogP contribution in [0.4, 0.5) is 5.82 Å². The number of nitrogens with zero attached hydrogens (tertiary/aromatic N) is 2. The van der Waals surface area contributed by atoms with E-state index in [0.717, 1.165) is 44.2 Å². The number of rotatable bonds is 6. The van der Waals surface area contributed by atoms with Gasteiger partial charge >= 0.3 is 0 Å². The second-order valence-corrected chi connectivity index (χ2v) is 10.9. The maximum Gasteiger partial charge on any atom is 0.226 e. The molecule has 1 saturated heterocycles. The fourth-order valence-corrected chi connectivity index (χ4v) is 6.31. The van der Waals surface area contributed by atoms with Crippen molar-refractivity contribution < 1.29 is 13.2 Å². The molecule has 0 radical (unpaired) electrons. The van der Waals surface area contributed by atoms with Crippen LogP contribution < -0.4 is 11.1 Å². The molecule has 1 aliphatic heterocycles. The Morgan fingerprint density at radius 1 is 1.25 bits per heavy atom. The minimum Gasteiger partial charge on any atom is -0.330 e. The predicted octanol–water partition coefficient (Wildman–Crippen LogP) is 2.78. The Morgan fingerprint density at radius 3 is 2.54 bits per heavy atom. The Hall–Kier alpha value is -1.12. The van der Waals surface area contributed by atoms with Crippen LogP contribution in [0.1, 0.15) is 75.4 Å². The molecule has 1 amide bonds. The highest BCUT2D eigenvalue weighted by molar-refractivity contribution is 7.91. The van der Waals surface area contributed by atoms with Crippen molar-refractivity contribution >= 4 is 34.0 Å². The summed E-state index contributed by atoms with van der Waals surface area (Å²) in [5, 5.41) is 7.71. The maximum absolute atomic E-state index is 12.8. The molecule has 1 aromatic rings. The van der Waals surface area contributed by atoms with Crippen LogP contribution in [0.2, 0.25) is 0 Å². The van der Waals surface area contributed by atoms with Gasteiger partial charge in [-0.25, -0.2) is 13.1 Å². The van der Waals surface area contributed by atoms with Crippen molar-refractivity contribution in [1.29, 1.82) is 0 Å². The molecule has 1 aromatic heterocycles. The average molecular weight is 431 g/mol. The smallest absolute Gasteiger partial charge is 0.226 e. The lowest BCUT2D eigenvalue weighted by atomic mass is 9.71. The zero-order valence-electron chi connectivity index (χ0n) is 16.2. The number of carbonyl (C=O) groups is 1. The predicted molar refractivity (Wildman–Crippen MR) is 112 cm³/mol. The van der Waals surface area contributed by atoms with Gasteiger partial charge in [0.1, 0.15) is 5.82 Å². The van der Waals surface area contributed by atoms with Gasteiger partial charge in [-0.3, -0.25) is 4.79 Å². The average Bonchev–Trinajstić information content (AvgIpc) is 3.31. The molecule has 4 rings (SSSR count). The molecule has 2 aliphatic carbocycles. The second kappa shape index (κ2) is 8.32. The summed E-state index contributed by atoms with van der Waals surface area (Å²) in [4.78, 5) is 12.8. The summed E-state index contributed by atoms with van der Waals surface area (Å²) in [5.74, 6) is 1.36. The number of carbonyl (C=O) groups excluding carboxylic acids is 1. The lowest BCUT2D eigenvalue weighted by Crippen LogP contribution is -2.36. The first kappa shape index (κ1) is 21.6. The van der Waals surface area contributed by atoms with Crippen molar-refractivity contribution in [1.82, 2.24) is 9.78 Å². The van der Waals surface area contributed by atoms with Crippen LogP contribution in [-0.2, 0) is 14.6 Å². The van der Waals surface area contributed by atoms with Crippen LogP contribution in [0.25, 0.3) is 0 Å². The molecule has 3 N–H and O–H groups in total. The van der Waals surface area contributed by atoms with E-state index in [9.17, 15) is 13.2 Å².